The molecule has 3 heterocycles. The molecule has 0 bridgehead atoms. The number of para-hydroxylation sites is 1. The van der Waals surface area contributed by atoms with Gasteiger partial charge in [0.1, 0.15) is 0 Å². The first-order valence-corrected chi connectivity index (χ1v) is 10.5. The lowest BCUT2D eigenvalue weighted by Gasteiger charge is -2.36. The molecule has 0 radical (unpaired) electrons. The molecule has 4 rings (SSSR count). The number of carbonyl (C=O) groups is 1. The van der Waals surface area contributed by atoms with E-state index in [4.69, 9.17) is 5.73 Å². The molecule has 2 saturated heterocycles. The molecule has 29 heavy (non-hydrogen) atoms. The summed E-state index contributed by atoms with van der Waals surface area (Å²) in [7, 11) is 0. The number of nitrogens with zero attached hydrogens (tertiary/aromatic N) is 5. The maximum atomic E-state index is 12.7. The summed E-state index contributed by atoms with van der Waals surface area (Å²) in [4.78, 5) is 30.2. The van der Waals surface area contributed by atoms with Crippen LogP contribution in [0.25, 0.3) is 0 Å². The highest BCUT2D eigenvalue weighted by atomic mass is 16.2. The number of carbonyl (C=O) groups excluding carboxylic acids is 1. The predicted molar refractivity (Wildman–Crippen MR) is 112 cm³/mol. The second-order valence-electron chi connectivity index (χ2n) is 7.89. The molecule has 1 aromatic carbocycles. The zero-order chi connectivity index (χ0) is 20.2. The summed E-state index contributed by atoms with van der Waals surface area (Å²) in [5, 5.41) is 3.19. The molecule has 0 saturated carbocycles. The van der Waals surface area contributed by atoms with Gasteiger partial charge in [-0.3, -0.25) is 9.69 Å². The summed E-state index contributed by atoms with van der Waals surface area (Å²) in [5.41, 5.74) is 6.84. The van der Waals surface area contributed by atoms with Crippen LogP contribution in [0.4, 0.5) is 17.6 Å². The van der Waals surface area contributed by atoms with Gasteiger partial charge in [-0.25, -0.2) is 0 Å². The second kappa shape index (κ2) is 8.73. The topological polar surface area (TPSA) is 100 Å². The van der Waals surface area contributed by atoms with Gasteiger partial charge in [-0.15, -0.1) is 0 Å². The first kappa shape index (κ1) is 19.6. The molecule has 2 fully saturated rings. The average molecular weight is 396 g/mol. The number of rotatable bonds is 5. The van der Waals surface area contributed by atoms with E-state index >= 15 is 0 Å². The number of benzene rings is 1. The number of piperidine rings is 1. The predicted octanol–water partition coefficient (Wildman–Crippen LogP) is 2.59. The molecular formula is C21H29N7O. The van der Waals surface area contributed by atoms with E-state index in [9.17, 15) is 4.79 Å². The van der Waals surface area contributed by atoms with Crippen molar-refractivity contribution >= 4 is 23.5 Å². The third-order valence-corrected chi connectivity index (χ3v) is 5.92. The number of hydrogen-bond acceptors (Lipinski definition) is 7. The van der Waals surface area contributed by atoms with E-state index < -0.39 is 0 Å². The first-order chi connectivity index (χ1) is 14.1. The maximum absolute atomic E-state index is 12.7. The van der Waals surface area contributed by atoms with Crippen LogP contribution in [-0.4, -0.2) is 56.8 Å². The van der Waals surface area contributed by atoms with Crippen LogP contribution in [0.3, 0.4) is 0 Å². The van der Waals surface area contributed by atoms with Crippen molar-refractivity contribution in [1.82, 2.24) is 24.8 Å². The number of aromatic nitrogens is 3. The van der Waals surface area contributed by atoms with Crippen molar-refractivity contribution in [3.63, 3.8) is 0 Å². The molecule has 1 aromatic heterocycles. The van der Waals surface area contributed by atoms with Crippen molar-refractivity contribution in [1.29, 1.82) is 0 Å². The Kier molecular flexibility index (Phi) is 5.89. The average Bonchev–Trinajstić information content (AvgIpc) is 3.28. The molecule has 3 N–H and O–H groups in total. The van der Waals surface area contributed by atoms with Crippen LogP contribution in [0, 0.1) is 5.92 Å². The van der Waals surface area contributed by atoms with Crippen molar-refractivity contribution in [2.45, 2.75) is 38.6 Å². The molecule has 0 spiro atoms. The maximum Gasteiger partial charge on any atom is 0.232 e. The summed E-state index contributed by atoms with van der Waals surface area (Å²) >= 11 is 0. The van der Waals surface area contributed by atoms with Crippen LogP contribution < -0.4 is 11.1 Å². The first-order valence-electron chi connectivity index (χ1n) is 10.5. The zero-order valence-corrected chi connectivity index (χ0v) is 16.9. The monoisotopic (exact) mass is 395 g/mol. The highest BCUT2D eigenvalue weighted by molar-refractivity contribution is 5.79. The van der Waals surface area contributed by atoms with Gasteiger partial charge in [-0.2, -0.15) is 15.0 Å². The lowest BCUT2D eigenvalue weighted by atomic mass is 9.94. The highest BCUT2D eigenvalue weighted by Gasteiger charge is 2.32. The van der Waals surface area contributed by atoms with Gasteiger partial charge in [0.15, 0.2) is 5.82 Å². The van der Waals surface area contributed by atoms with E-state index in [0.29, 0.717) is 17.7 Å². The van der Waals surface area contributed by atoms with Crippen molar-refractivity contribution in [3.05, 3.63) is 36.2 Å². The Labute approximate surface area is 171 Å². The van der Waals surface area contributed by atoms with Crippen molar-refractivity contribution in [2.75, 3.05) is 37.2 Å². The molecule has 1 atom stereocenters. The lowest BCUT2D eigenvalue weighted by molar-refractivity contribution is -0.136. The van der Waals surface area contributed by atoms with E-state index in [1.165, 1.54) is 0 Å². The van der Waals surface area contributed by atoms with Gasteiger partial charge in [-0.1, -0.05) is 18.2 Å². The number of anilines is 3. The highest BCUT2D eigenvalue weighted by Crippen LogP contribution is 2.28. The fraction of sp³-hybridized carbons (Fsp3) is 0.524. The summed E-state index contributed by atoms with van der Waals surface area (Å²) in [6.07, 6.45) is 4.05. The minimum atomic E-state index is 0.0134. The van der Waals surface area contributed by atoms with Crippen molar-refractivity contribution in [2.24, 2.45) is 5.92 Å². The normalized spacial score (nSPS) is 19.3. The Bertz CT molecular complexity index is 830. The summed E-state index contributed by atoms with van der Waals surface area (Å²) in [5.74, 6) is 1.80. The van der Waals surface area contributed by atoms with E-state index in [1.54, 1.807) is 0 Å². The zero-order valence-electron chi connectivity index (χ0n) is 16.9. The van der Waals surface area contributed by atoms with Gasteiger partial charge in [-0.05, 0) is 57.8 Å². The fourth-order valence-electron chi connectivity index (χ4n) is 4.20. The molecule has 2 aliphatic heterocycles. The number of hydrogen-bond donors (Lipinski definition) is 2. The Hall–Kier alpha value is -2.74. The lowest BCUT2D eigenvalue weighted by Crippen LogP contribution is -2.42. The van der Waals surface area contributed by atoms with Gasteiger partial charge >= 0.3 is 0 Å². The summed E-state index contributed by atoms with van der Waals surface area (Å²) in [6, 6.07) is 9.77. The van der Waals surface area contributed by atoms with Gasteiger partial charge in [0.05, 0.1) is 6.04 Å². The van der Waals surface area contributed by atoms with Crippen LogP contribution in [0.1, 0.15) is 44.5 Å². The molecule has 8 heteroatoms. The fourth-order valence-corrected chi connectivity index (χ4v) is 4.20. The minimum Gasteiger partial charge on any atom is -0.368 e. The van der Waals surface area contributed by atoms with Gasteiger partial charge in [0.2, 0.25) is 17.8 Å². The molecule has 0 aliphatic carbocycles. The number of likely N-dealkylation sites (tertiary alicyclic amines) is 2. The van der Waals surface area contributed by atoms with Crippen molar-refractivity contribution < 1.29 is 4.79 Å². The van der Waals surface area contributed by atoms with Crippen LogP contribution in [0.5, 0.6) is 0 Å². The Morgan fingerprint density at radius 2 is 1.76 bits per heavy atom. The smallest absolute Gasteiger partial charge is 0.232 e. The number of nitrogen functional groups attached to an aromatic ring is 1. The van der Waals surface area contributed by atoms with Gasteiger partial charge < -0.3 is 16.0 Å². The Morgan fingerprint density at radius 3 is 2.45 bits per heavy atom. The van der Waals surface area contributed by atoms with Crippen LogP contribution in [0.2, 0.25) is 0 Å². The Balaban J connectivity index is 1.39. The molecule has 2 aromatic rings. The largest absolute Gasteiger partial charge is 0.368 e. The molecular weight excluding hydrogens is 366 g/mol. The third kappa shape index (κ3) is 4.64. The molecule has 154 valence electrons. The van der Waals surface area contributed by atoms with E-state index in [0.717, 1.165) is 57.5 Å². The van der Waals surface area contributed by atoms with E-state index in [-0.39, 0.29) is 17.9 Å². The van der Waals surface area contributed by atoms with E-state index in [2.05, 4.69) is 32.1 Å². The third-order valence-electron chi connectivity index (χ3n) is 5.92. The molecule has 1 amide bonds. The number of nitrogens with one attached hydrogen (secondary N) is 1. The molecule has 2 aliphatic rings. The summed E-state index contributed by atoms with van der Waals surface area (Å²) in [6.45, 7) is 5.66. The second-order valence-corrected chi connectivity index (χ2v) is 7.89. The molecule has 8 nitrogen and oxygen atoms in total. The van der Waals surface area contributed by atoms with Crippen LogP contribution >= 0.6 is 0 Å². The van der Waals surface area contributed by atoms with Crippen molar-refractivity contribution in [3.8, 4) is 0 Å². The van der Waals surface area contributed by atoms with Gasteiger partial charge in [0.25, 0.3) is 0 Å². The van der Waals surface area contributed by atoms with Crippen LogP contribution in [-0.2, 0) is 4.79 Å². The molecule has 1 unspecified atom stereocenters. The standard InChI is InChI=1S/C21H29N7O/c1-15(27-13-9-16(10-14-27)19(29)28-11-5-6-12-28)18-24-20(22)26-21(25-18)23-17-7-3-2-4-8-17/h2-4,7-8,15-16H,5-6,9-14H2,1H3,(H3,22,23,24,25,26). The number of amides is 1. The minimum absolute atomic E-state index is 0.0134. The van der Waals surface area contributed by atoms with Crippen LogP contribution in [0.15, 0.2) is 30.3 Å². The summed E-state index contributed by atoms with van der Waals surface area (Å²) < 4.78 is 0. The van der Waals surface area contributed by atoms with E-state index in [1.807, 2.05) is 35.2 Å². The Morgan fingerprint density at radius 1 is 1.07 bits per heavy atom. The quantitative estimate of drug-likeness (QED) is 0.802. The SMILES string of the molecule is CC(c1nc(N)nc(Nc2ccccc2)n1)N1CCC(C(=O)N2CCCC2)CC1. The number of nitrogens with two attached hydrogens (primary N) is 1. The van der Waals surface area contributed by atoms with Gasteiger partial charge in [0, 0.05) is 24.7 Å².